The minimum atomic E-state index is 0. The minimum Gasteiger partial charge on any atom is -0.331 e. The van der Waals surface area contributed by atoms with Gasteiger partial charge in [0.15, 0.2) is 0 Å². The Hall–Kier alpha value is -1.07. The van der Waals surface area contributed by atoms with Gasteiger partial charge in [0, 0.05) is 24.3 Å². The van der Waals surface area contributed by atoms with E-state index in [1.807, 2.05) is 6.92 Å². The molecule has 1 amide bonds. The van der Waals surface area contributed by atoms with Crippen LogP contribution in [0.3, 0.4) is 0 Å². The van der Waals surface area contributed by atoms with E-state index in [4.69, 9.17) is 0 Å². The lowest BCUT2D eigenvalue weighted by molar-refractivity contribution is 0.0679. The standard InChI is InChI=1S/C12H18N4O.ClH/c1-8-11(7-14-15-8)12(17)16-9-2-3-10(16)6-13-5-4-9;/h7,9-10,13H,2-6H2,1H3,(H,14,15);1H. The van der Waals surface area contributed by atoms with E-state index in [9.17, 15) is 4.79 Å². The Kier molecular flexibility index (Phi) is 3.92. The molecule has 2 fully saturated rings. The van der Waals surface area contributed by atoms with E-state index in [1.165, 1.54) is 0 Å². The van der Waals surface area contributed by atoms with Crippen molar-refractivity contribution in [3.63, 3.8) is 0 Å². The molecule has 0 saturated carbocycles. The van der Waals surface area contributed by atoms with Gasteiger partial charge in [0.2, 0.25) is 0 Å². The molecule has 0 aromatic carbocycles. The van der Waals surface area contributed by atoms with E-state index in [1.54, 1.807) is 6.20 Å². The Balaban J connectivity index is 0.00000120. The number of aromatic amines is 1. The molecule has 5 nitrogen and oxygen atoms in total. The number of carbonyl (C=O) groups excluding carboxylic acids is 1. The third-order valence-electron chi connectivity index (χ3n) is 3.95. The molecule has 18 heavy (non-hydrogen) atoms. The van der Waals surface area contributed by atoms with Crippen LogP contribution in [0.2, 0.25) is 0 Å². The lowest BCUT2D eigenvalue weighted by Crippen LogP contribution is -2.42. The molecule has 3 heterocycles. The van der Waals surface area contributed by atoms with Gasteiger partial charge < -0.3 is 10.2 Å². The zero-order valence-corrected chi connectivity index (χ0v) is 11.3. The van der Waals surface area contributed by atoms with Crippen molar-refractivity contribution >= 4 is 18.3 Å². The molecule has 2 unspecified atom stereocenters. The summed E-state index contributed by atoms with van der Waals surface area (Å²) >= 11 is 0. The molecule has 6 heteroatoms. The molecular weight excluding hydrogens is 252 g/mol. The normalized spacial score (nSPS) is 26.6. The molecule has 100 valence electrons. The van der Waals surface area contributed by atoms with Crippen LogP contribution in [-0.4, -0.2) is 46.2 Å². The predicted octanol–water partition coefficient (Wildman–Crippen LogP) is 1.11. The summed E-state index contributed by atoms with van der Waals surface area (Å²) in [5, 5.41) is 10.2. The number of rotatable bonds is 1. The molecule has 2 aliphatic rings. The Labute approximate surface area is 113 Å². The van der Waals surface area contributed by atoms with Crippen LogP contribution in [-0.2, 0) is 0 Å². The van der Waals surface area contributed by atoms with Crippen LogP contribution >= 0.6 is 12.4 Å². The molecule has 2 saturated heterocycles. The van der Waals surface area contributed by atoms with Crippen molar-refractivity contribution in [3.8, 4) is 0 Å². The monoisotopic (exact) mass is 270 g/mol. The summed E-state index contributed by atoms with van der Waals surface area (Å²) in [5.41, 5.74) is 1.59. The zero-order chi connectivity index (χ0) is 11.8. The first-order chi connectivity index (χ1) is 8.27. The van der Waals surface area contributed by atoms with E-state index in [-0.39, 0.29) is 18.3 Å². The van der Waals surface area contributed by atoms with Gasteiger partial charge in [-0.25, -0.2) is 0 Å². The van der Waals surface area contributed by atoms with Crippen molar-refractivity contribution in [2.75, 3.05) is 13.1 Å². The number of carbonyl (C=O) groups is 1. The summed E-state index contributed by atoms with van der Waals surface area (Å²) in [6.45, 7) is 3.85. The molecule has 2 aliphatic heterocycles. The first-order valence-corrected chi connectivity index (χ1v) is 6.30. The second-order valence-corrected chi connectivity index (χ2v) is 5.00. The predicted molar refractivity (Wildman–Crippen MR) is 71.0 cm³/mol. The van der Waals surface area contributed by atoms with E-state index in [0.29, 0.717) is 12.1 Å². The third-order valence-corrected chi connectivity index (χ3v) is 3.95. The van der Waals surface area contributed by atoms with Crippen molar-refractivity contribution < 1.29 is 4.79 Å². The summed E-state index contributed by atoms with van der Waals surface area (Å²) in [7, 11) is 0. The Bertz CT molecular complexity index is 419. The zero-order valence-electron chi connectivity index (χ0n) is 10.5. The number of fused-ring (bicyclic) bond motifs is 2. The lowest BCUT2D eigenvalue weighted by atomic mass is 10.1. The van der Waals surface area contributed by atoms with Gasteiger partial charge in [0.05, 0.1) is 11.8 Å². The number of nitrogens with one attached hydrogen (secondary N) is 2. The van der Waals surface area contributed by atoms with Crippen molar-refractivity contribution in [3.05, 3.63) is 17.5 Å². The van der Waals surface area contributed by atoms with Crippen molar-refractivity contribution in [1.82, 2.24) is 20.4 Å². The van der Waals surface area contributed by atoms with Crippen LogP contribution in [0.15, 0.2) is 6.20 Å². The third kappa shape index (κ3) is 2.12. The Morgan fingerprint density at radius 2 is 2.17 bits per heavy atom. The molecule has 2 N–H and O–H groups in total. The summed E-state index contributed by atoms with van der Waals surface area (Å²) in [4.78, 5) is 14.6. The topological polar surface area (TPSA) is 61.0 Å². The maximum absolute atomic E-state index is 12.5. The van der Waals surface area contributed by atoms with Crippen LogP contribution in [0.5, 0.6) is 0 Å². The number of hydrogen-bond donors (Lipinski definition) is 2. The van der Waals surface area contributed by atoms with Crippen molar-refractivity contribution in [2.24, 2.45) is 0 Å². The molecule has 0 spiro atoms. The minimum absolute atomic E-state index is 0. The highest BCUT2D eigenvalue weighted by Gasteiger charge is 2.38. The van der Waals surface area contributed by atoms with E-state index in [0.717, 1.165) is 43.6 Å². The Morgan fingerprint density at radius 1 is 1.39 bits per heavy atom. The summed E-state index contributed by atoms with van der Waals surface area (Å²) in [6.07, 6.45) is 4.99. The van der Waals surface area contributed by atoms with Gasteiger partial charge in [-0.1, -0.05) is 0 Å². The number of nitrogens with zero attached hydrogens (tertiary/aromatic N) is 2. The highest BCUT2D eigenvalue weighted by Crippen LogP contribution is 2.29. The van der Waals surface area contributed by atoms with Crippen LogP contribution in [0, 0.1) is 6.92 Å². The van der Waals surface area contributed by atoms with E-state index >= 15 is 0 Å². The lowest BCUT2D eigenvalue weighted by Gasteiger charge is -2.27. The molecule has 2 atom stereocenters. The largest absolute Gasteiger partial charge is 0.331 e. The van der Waals surface area contributed by atoms with Gasteiger partial charge in [-0.05, 0) is 32.7 Å². The van der Waals surface area contributed by atoms with Crippen LogP contribution < -0.4 is 5.32 Å². The average Bonchev–Trinajstić information content (AvgIpc) is 2.81. The first kappa shape index (κ1) is 13.4. The highest BCUT2D eigenvalue weighted by atomic mass is 35.5. The summed E-state index contributed by atoms with van der Waals surface area (Å²) in [6, 6.07) is 0.779. The number of H-pyrrole nitrogens is 1. The van der Waals surface area contributed by atoms with Gasteiger partial charge in [0.1, 0.15) is 0 Å². The fourth-order valence-corrected chi connectivity index (χ4v) is 3.02. The van der Waals surface area contributed by atoms with Crippen LogP contribution in [0.25, 0.3) is 0 Å². The van der Waals surface area contributed by atoms with Crippen LogP contribution in [0.4, 0.5) is 0 Å². The van der Waals surface area contributed by atoms with Gasteiger partial charge in [-0.15, -0.1) is 12.4 Å². The quantitative estimate of drug-likeness (QED) is 0.804. The number of aryl methyl sites for hydroxylation is 1. The number of aromatic nitrogens is 2. The van der Waals surface area contributed by atoms with Gasteiger partial charge in [-0.3, -0.25) is 9.89 Å². The second kappa shape index (κ2) is 5.28. The number of hydrogen-bond acceptors (Lipinski definition) is 3. The maximum Gasteiger partial charge on any atom is 0.257 e. The highest BCUT2D eigenvalue weighted by molar-refractivity contribution is 5.95. The number of amides is 1. The molecule has 2 bridgehead atoms. The summed E-state index contributed by atoms with van der Waals surface area (Å²) < 4.78 is 0. The van der Waals surface area contributed by atoms with Gasteiger partial charge in [-0.2, -0.15) is 5.10 Å². The fraction of sp³-hybridized carbons (Fsp3) is 0.667. The van der Waals surface area contributed by atoms with Crippen molar-refractivity contribution in [1.29, 1.82) is 0 Å². The van der Waals surface area contributed by atoms with Gasteiger partial charge >= 0.3 is 0 Å². The molecule has 1 aromatic rings. The Morgan fingerprint density at radius 3 is 2.89 bits per heavy atom. The maximum atomic E-state index is 12.5. The van der Waals surface area contributed by atoms with Crippen LogP contribution in [0.1, 0.15) is 35.3 Å². The number of halogens is 1. The summed E-state index contributed by atoms with van der Waals surface area (Å²) in [5.74, 6) is 0.146. The molecular formula is C12H19ClN4O. The smallest absolute Gasteiger partial charge is 0.257 e. The van der Waals surface area contributed by atoms with E-state index < -0.39 is 0 Å². The SMILES string of the molecule is Cc1[nH]ncc1C(=O)N1C2CCNCC1CC2.Cl. The first-order valence-electron chi connectivity index (χ1n) is 6.30. The van der Waals surface area contributed by atoms with Crippen molar-refractivity contribution in [2.45, 2.75) is 38.3 Å². The second-order valence-electron chi connectivity index (χ2n) is 5.00. The molecule has 0 radical (unpaired) electrons. The fourth-order valence-electron chi connectivity index (χ4n) is 3.02. The molecule has 3 rings (SSSR count). The molecule has 1 aromatic heterocycles. The molecule has 0 aliphatic carbocycles. The average molecular weight is 271 g/mol. The van der Waals surface area contributed by atoms with E-state index in [2.05, 4.69) is 20.4 Å². The van der Waals surface area contributed by atoms with Gasteiger partial charge in [0.25, 0.3) is 5.91 Å².